The van der Waals surface area contributed by atoms with Crippen molar-refractivity contribution in [3.05, 3.63) is 23.5 Å². The molecular formula is C12H17N3O2. The molecule has 1 aliphatic heterocycles. The Hall–Kier alpha value is -1.62. The summed E-state index contributed by atoms with van der Waals surface area (Å²) in [4.78, 5) is 18.1. The fraction of sp³-hybridized carbons (Fsp3) is 0.500. The van der Waals surface area contributed by atoms with Crippen LogP contribution in [0.4, 0.5) is 5.69 Å². The summed E-state index contributed by atoms with van der Waals surface area (Å²) in [5.41, 5.74) is 7.62. The molecule has 1 aliphatic rings. The summed E-state index contributed by atoms with van der Waals surface area (Å²) in [5, 5.41) is 0. The number of likely N-dealkylation sites (tertiary alicyclic amines) is 1. The molecule has 1 fully saturated rings. The summed E-state index contributed by atoms with van der Waals surface area (Å²) in [7, 11) is 1.67. The Labute approximate surface area is 101 Å². The molecule has 1 unspecified atom stereocenters. The second-order valence-electron chi connectivity index (χ2n) is 4.31. The zero-order valence-corrected chi connectivity index (χ0v) is 10.1. The maximum absolute atomic E-state index is 12.2. The highest BCUT2D eigenvalue weighted by Gasteiger charge is 2.27. The smallest absolute Gasteiger partial charge is 0.257 e. The maximum atomic E-state index is 12.2. The van der Waals surface area contributed by atoms with Gasteiger partial charge in [-0.2, -0.15) is 0 Å². The fourth-order valence-electron chi connectivity index (χ4n) is 2.04. The quantitative estimate of drug-likeness (QED) is 0.824. The van der Waals surface area contributed by atoms with E-state index in [4.69, 9.17) is 10.5 Å². The van der Waals surface area contributed by atoms with Gasteiger partial charge in [-0.15, -0.1) is 0 Å². The third-order valence-electron chi connectivity index (χ3n) is 3.07. The average Bonchev–Trinajstić information content (AvgIpc) is 2.76. The molecule has 0 saturated carbocycles. The van der Waals surface area contributed by atoms with Crippen LogP contribution in [0.3, 0.4) is 0 Å². The van der Waals surface area contributed by atoms with Gasteiger partial charge in [0.25, 0.3) is 5.91 Å². The van der Waals surface area contributed by atoms with Gasteiger partial charge in [0.15, 0.2) is 0 Å². The third kappa shape index (κ3) is 2.39. The molecule has 0 aromatic carbocycles. The first-order valence-corrected chi connectivity index (χ1v) is 5.66. The molecule has 1 saturated heterocycles. The summed E-state index contributed by atoms with van der Waals surface area (Å²) >= 11 is 0. The molecule has 1 aromatic heterocycles. The monoisotopic (exact) mass is 235 g/mol. The van der Waals surface area contributed by atoms with E-state index in [2.05, 4.69) is 4.98 Å². The zero-order valence-electron chi connectivity index (χ0n) is 10.1. The zero-order chi connectivity index (χ0) is 12.4. The van der Waals surface area contributed by atoms with Gasteiger partial charge in [-0.05, 0) is 19.4 Å². The summed E-state index contributed by atoms with van der Waals surface area (Å²) in [5.74, 6) is -0.0606. The number of methoxy groups -OCH3 is 1. The number of rotatable bonds is 2. The number of nitrogen functional groups attached to an aromatic ring is 1. The number of amides is 1. The van der Waals surface area contributed by atoms with Gasteiger partial charge in [0.05, 0.1) is 11.7 Å². The Morgan fingerprint density at radius 2 is 2.41 bits per heavy atom. The van der Waals surface area contributed by atoms with E-state index in [0.717, 1.165) is 12.1 Å². The van der Waals surface area contributed by atoms with E-state index in [-0.39, 0.29) is 12.0 Å². The molecule has 5 heteroatoms. The van der Waals surface area contributed by atoms with Gasteiger partial charge in [-0.3, -0.25) is 9.78 Å². The molecule has 92 valence electrons. The molecule has 1 aromatic rings. The Balaban J connectivity index is 2.15. The van der Waals surface area contributed by atoms with Crippen molar-refractivity contribution in [2.75, 3.05) is 25.9 Å². The topological polar surface area (TPSA) is 68.5 Å². The molecule has 0 spiro atoms. The predicted molar refractivity (Wildman–Crippen MR) is 64.7 cm³/mol. The molecule has 0 bridgehead atoms. The lowest BCUT2D eigenvalue weighted by molar-refractivity contribution is 0.0724. The van der Waals surface area contributed by atoms with E-state index in [1.54, 1.807) is 24.3 Å². The van der Waals surface area contributed by atoms with Crippen LogP contribution >= 0.6 is 0 Å². The van der Waals surface area contributed by atoms with Gasteiger partial charge >= 0.3 is 0 Å². The van der Waals surface area contributed by atoms with Crippen LogP contribution in [-0.2, 0) is 4.74 Å². The second kappa shape index (κ2) is 4.71. The van der Waals surface area contributed by atoms with E-state index >= 15 is 0 Å². The Kier molecular flexibility index (Phi) is 3.28. The lowest BCUT2D eigenvalue weighted by Crippen LogP contribution is -2.30. The molecule has 2 rings (SSSR count). The Morgan fingerprint density at radius 3 is 3.00 bits per heavy atom. The van der Waals surface area contributed by atoms with Gasteiger partial charge in [-0.25, -0.2) is 0 Å². The molecule has 5 nitrogen and oxygen atoms in total. The van der Waals surface area contributed by atoms with Crippen LogP contribution in [0.2, 0.25) is 0 Å². The summed E-state index contributed by atoms with van der Waals surface area (Å²) < 4.78 is 5.24. The van der Waals surface area contributed by atoms with E-state index < -0.39 is 0 Å². The highest BCUT2D eigenvalue weighted by molar-refractivity contribution is 5.99. The maximum Gasteiger partial charge on any atom is 0.257 e. The largest absolute Gasteiger partial charge is 0.398 e. The Bertz CT molecular complexity index is 434. The van der Waals surface area contributed by atoms with Crippen LogP contribution in [0.1, 0.15) is 22.5 Å². The summed E-state index contributed by atoms with van der Waals surface area (Å²) in [6.07, 6.45) is 2.56. The number of pyridine rings is 1. The van der Waals surface area contributed by atoms with Gasteiger partial charge < -0.3 is 15.4 Å². The normalized spacial score (nSPS) is 19.6. The van der Waals surface area contributed by atoms with Gasteiger partial charge in [0.2, 0.25) is 0 Å². The third-order valence-corrected chi connectivity index (χ3v) is 3.07. The van der Waals surface area contributed by atoms with Gasteiger partial charge in [-0.1, -0.05) is 0 Å². The van der Waals surface area contributed by atoms with E-state index in [1.807, 2.05) is 6.92 Å². The van der Waals surface area contributed by atoms with Crippen LogP contribution in [0.25, 0.3) is 0 Å². The lowest BCUT2D eigenvalue weighted by atomic mass is 10.2. The molecule has 1 atom stereocenters. The van der Waals surface area contributed by atoms with Crippen molar-refractivity contribution in [3.8, 4) is 0 Å². The number of carbonyl (C=O) groups is 1. The molecule has 1 amide bonds. The average molecular weight is 235 g/mol. The minimum Gasteiger partial charge on any atom is -0.398 e. The lowest BCUT2D eigenvalue weighted by Gasteiger charge is -2.17. The number of aryl methyl sites for hydroxylation is 1. The van der Waals surface area contributed by atoms with Crippen LogP contribution in [0, 0.1) is 6.92 Å². The van der Waals surface area contributed by atoms with Crippen LogP contribution in [0.5, 0.6) is 0 Å². The van der Waals surface area contributed by atoms with Crippen molar-refractivity contribution in [2.24, 2.45) is 0 Å². The SMILES string of the molecule is COC1CCN(C(=O)c2cnc(C)cc2N)C1. The van der Waals surface area contributed by atoms with E-state index in [9.17, 15) is 4.79 Å². The van der Waals surface area contributed by atoms with Crippen molar-refractivity contribution < 1.29 is 9.53 Å². The van der Waals surface area contributed by atoms with Gasteiger partial charge in [0, 0.05) is 37.8 Å². The van der Waals surface area contributed by atoms with E-state index in [0.29, 0.717) is 24.3 Å². The predicted octanol–water partition coefficient (Wildman–Crippen LogP) is 0.833. The first-order valence-electron chi connectivity index (χ1n) is 5.66. The second-order valence-corrected chi connectivity index (χ2v) is 4.31. The minimum absolute atomic E-state index is 0.0606. The standard InChI is InChI=1S/C12H17N3O2/c1-8-5-11(13)10(6-14-8)12(16)15-4-3-9(7-15)17-2/h5-6,9H,3-4,7H2,1-2H3,(H2,13,14). The van der Waals surface area contributed by atoms with Crippen LogP contribution in [-0.4, -0.2) is 42.1 Å². The first kappa shape index (κ1) is 11.9. The number of nitrogens with two attached hydrogens (primary N) is 1. The Morgan fingerprint density at radius 1 is 1.65 bits per heavy atom. The van der Waals surface area contributed by atoms with Crippen LogP contribution in [0.15, 0.2) is 12.3 Å². The molecule has 0 aliphatic carbocycles. The number of aromatic nitrogens is 1. The number of anilines is 1. The van der Waals surface area contributed by atoms with Gasteiger partial charge in [0.1, 0.15) is 0 Å². The number of hydrogen-bond acceptors (Lipinski definition) is 4. The minimum atomic E-state index is -0.0606. The van der Waals surface area contributed by atoms with Crippen molar-refractivity contribution in [3.63, 3.8) is 0 Å². The summed E-state index contributed by atoms with van der Waals surface area (Å²) in [6.45, 7) is 3.19. The molecular weight excluding hydrogens is 218 g/mol. The van der Waals surface area contributed by atoms with Crippen molar-refractivity contribution in [2.45, 2.75) is 19.4 Å². The van der Waals surface area contributed by atoms with E-state index in [1.165, 1.54) is 0 Å². The molecule has 17 heavy (non-hydrogen) atoms. The fourth-order valence-corrected chi connectivity index (χ4v) is 2.04. The molecule has 0 radical (unpaired) electrons. The van der Waals surface area contributed by atoms with Crippen molar-refractivity contribution >= 4 is 11.6 Å². The summed E-state index contributed by atoms with van der Waals surface area (Å²) in [6, 6.07) is 1.72. The highest BCUT2D eigenvalue weighted by Crippen LogP contribution is 2.19. The van der Waals surface area contributed by atoms with Crippen molar-refractivity contribution in [1.82, 2.24) is 9.88 Å². The first-order chi connectivity index (χ1) is 8.11. The van der Waals surface area contributed by atoms with Crippen LogP contribution < -0.4 is 5.73 Å². The number of carbonyl (C=O) groups excluding carboxylic acids is 1. The molecule has 2 heterocycles. The highest BCUT2D eigenvalue weighted by atomic mass is 16.5. The number of hydrogen-bond donors (Lipinski definition) is 1. The van der Waals surface area contributed by atoms with Crippen molar-refractivity contribution in [1.29, 1.82) is 0 Å². The number of ether oxygens (including phenoxy) is 1. The molecule has 2 N–H and O–H groups in total. The number of nitrogens with zero attached hydrogens (tertiary/aromatic N) is 2.